The van der Waals surface area contributed by atoms with E-state index in [0.29, 0.717) is 11.4 Å². The Hall–Kier alpha value is -1.99. The second-order valence-electron chi connectivity index (χ2n) is 3.21. The molecule has 0 atom stereocenters. The van der Waals surface area contributed by atoms with Crippen LogP contribution >= 0.6 is 11.6 Å². The minimum atomic E-state index is -0.574. The molecule has 0 radical (unpaired) electrons. The van der Waals surface area contributed by atoms with Crippen LogP contribution in [0.25, 0.3) is 5.69 Å². The molecule has 0 aliphatic rings. The lowest BCUT2D eigenvalue weighted by Gasteiger charge is -2.00. The molecule has 1 heterocycles. The van der Waals surface area contributed by atoms with E-state index >= 15 is 0 Å². The van der Waals surface area contributed by atoms with Crippen molar-refractivity contribution in [1.29, 1.82) is 0 Å². The van der Waals surface area contributed by atoms with E-state index in [4.69, 9.17) is 16.7 Å². The Labute approximate surface area is 100 Å². The summed E-state index contributed by atoms with van der Waals surface area (Å²) in [7, 11) is 0. The molecule has 88 valence electrons. The molecule has 0 aliphatic carbocycles. The number of aromatic nitrogens is 3. The topological polar surface area (TPSA) is 94.1 Å². The van der Waals surface area contributed by atoms with Crippen molar-refractivity contribution in [3.05, 3.63) is 45.2 Å². The van der Waals surface area contributed by atoms with Gasteiger partial charge in [-0.3, -0.25) is 10.1 Å². The van der Waals surface area contributed by atoms with Crippen LogP contribution in [0.5, 0.6) is 0 Å². The van der Waals surface area contributed by atoms with Gasteiger partial charge < -0.3 is 5.11 Å². The fourth-order valence-electron chi connectivity index (χ4n) is 1.28. The van der Waals surface area contributed by atoms with Gasteiger partial charge in [-0.25, -0.2) is 4.68 Å². The monoisotopic (exact) mass is 254 g/mol. The number of nitro groups is 1. The van der Waals surface area contributed by atoms with Gasteiger partial charge in [-0.05, 0) is 12.1 Å². The number of aliphatic hydroxyl groups is 1. The van der Waals surface area contributed by atoms with E-state index in [-0.39, 0.29) is 17.3 Å². The van der Waals surface area contributed by atoms with Crippen molar-refractivity contribution in [2.24, 2.45) is 0 Å². The predicted molar refractivity (Wildman–Crippen MR) is 58.9 cm³/mol. The van der Waals surface area contributed by atoms with E-state index in [1.54, 1.807) is 6.07 Å². The highest BCUT2D eigenvalue weighted by Gasteiger charge is 2.14. The molecule has 2 aromatic rings. The maximum absolute atomic E-state index is 10.7. The molecule has 1 N–H and O–H groups in total. The second kappa shape index (κ2) is 4.48. The van der Waals surface area contributed by atoms with Crippen LogP contribution in [-0.2, 0) is 6.61 Å². The summed E-state index contributed by atoms with van der Waals surface area (Å²) in [5, 5.41) is 27.0. The normalized spacial score (nSPS) is 10.5. The minimum Gasteiger partial charge on any atom is -0.390 e. The lowest BCUT2D eigenvalue weighted by molar-refractivity contribution is -0.384. The molecule has 0 saturated heterocycles. The Morgan fingerprint density at radius 1 is 1.53 bits per heavy atom. The van der Waals surface area contributed by atoms with E-state index < -0.39 is 4.92 Å². The van der Waals surface area contributed by atoms with Crippen LogP contribution in [-0.4, -0.2) is 25.0 Å². The Morgan fingerprint density at radius 3 is 2.88 bits per heavy atom. The van der Waals surface area contributed by atoms with Gasteiger partial charge >= 0.3 is 0 Å². The summed E-state index contributed by atoms with van der Waals surface area (Å²) in [5.41, 5.74) is 0.626. The van der Waals surface area contributed by atoms with Crippen molar-refractivity contribution in [3.8, 4) is 5.69 Å². The van der Waals surface area contributed by atoms with Crippen LogP contribution in [0.2, 0.25) is 5.02 Å². The van der Waals surface area contributed by atoms with Crippen LogP contribution in [0.4, 0.5) is 5.69 Å². The third-order valence-corrected chi connectivity index (χ3v) is 2.41. The van der Waals surface area contributed by atoms with Gasteiger partial charge in [-0.15, -0.1) is 5.10 Å². The lowest BCUT2D eigenvalue weighted by Crippen LogP contribution is -1.97. The smallest absolute Gasteiger partial charge is 0.290 e. The van der Waals surface area contributed by atoms with Crippen LogP contribution in [0.1, 0.15) is 5.69 Å². The summed E-state index contributed by atoms with van der Waals surface area (Å²) >= 11 is 5.68. The number of hydrogen-bond donors (Lipinski definition) is 1. The number of nitrogens with zero attached hydrogens (tertiary/aromatic N) is 4. The maximum atomic E-state index is 10.7. The molecule has 0 fully saturated rings. The number of nitro benzene ring substituents is 1. The molecular weight excluding hydrogens is 248 g/mol. The van der Waals surface area contributed by atoms with Crippen molar-refractivity contribution >= 4 is 17.3 Å². The molecule has 0 aliphatic heterocycles. The van der Waals surface area contributed by atoms with Crippen molar-refractivity contribution in [2.45, 2.75) is 6.61 Å². The van der Waals surface area contributed by atoms with Crippen molar-refractivity contribution in [3.63, 3.8) is 0 Å². The van der Waals surface area contributed by atoms with E-state index in [2.05, 4.69) is 10.3 Å². The quantitative estimate of drug-likeness (QED) is 0.658. The van der Waals surface area contributed by atoms with Crippen LogP contribution in [0.15, 0.2) is 24.4 Å². The number of halogens is 1. The van der Waals surface area contributed by atoms with E-state index in [9.17, 15) is 10.1 Å². The summed E-state index contributed by atoms with van der Waals surface area (Å²) < 4.78 is 1.33. The predicted octanol–water partition coefficient (Wildman–Crippen LogP) is 1.32. The first-order chi connectivity index (χ1) is 8.11. The number of aliphatic hydroxyl groups excluding tert-OH is 1. The van der Waals surface area contributed by atoms with Gasteiger partial charge in [0, 0.05) is 6.07 Å². The second-order valence-corrected chi connectivity index (χ2v) is 3.61. The molecule has 0 spiro atoms. The van der Waals surface area contributed by atoms with E-state index in [1.807, 2.05) is 0 Å². The highest BCUT2D eigenvalue weighted by atomic mass is 35.5. The zero-order chi connectivity index (χ0) is 12.4. The van der Waals surface area contributed by atoms with E-state index in [0.717, 1.165) is 0 Å². The van der Waals surface area contributed by atoms with Gasteiger partial charge in [-0.1, -0.05) is 16.8 Å². The molecule has 7 nitrogen and oxygen atoms in total. The molecule has 0 saturated carbocycles. The van der Waals surface area contributed by atoms with Gasteiger partial charge in [0.05, 0.1) is 23.4 Å². The molecule has 0 bridgehead atoms. The summed E-state index contributed by atoms with van der Waals surface area (Å²) in [5.74, 6) is 0. The highest BCUT2D eigenvalue weighted by Crippen LogP contribution is 2.26. The zero-order valence-corrected chi connectivity index (χ0v) is 9.20. The van der Waals surface area contributed by atoms with E-state index in [1.165, 1.54) is 23.0 Å². The van der Waals surface area contributed by atoms with Crippen molar-refractivity contribution in [1.82, 2.24) is 15.0 Å². The maximum Gasteiger partial charge on any atom is 0.290 e. The Kier molecular flexibility index (Phi) is 3.03. The lowest BCUT2D eigenvalue weighted by atomic mass is 10.3. The molecule has 0 amide bonds. The zero-order valence-electron chi connectivity index (χ0n) is 8.45. The standard InChI is InChI=1S/C9H7ClN4O3/c10-8-2-1-7(3-9(8)14(16)17)13-4-6(5-15)11-12-13/h1-4,15H,5H2. The van der Waals surface area contributed by atoms with Crippen molar-refractivity contribution < 1.29 is 10.0 Å². The number of hydrogen-bond acceptors (Lipinski definition) is 5. The van der Waals surface area contributed by atoms with Gasteiger partial charge in [-0.2, -0.15) is 0 Å². The Balaban J connectivity index is 2.46. The Bertz CT molecular complexity index is 569. The fraction of sp³-hybridized carbons (Fsp3) is 0.111. The SMILES string of the molecule is O=[N+]([O-])c1cc(-n2cc(CO)nn2)ccc1Cl. The van der Waals surface area contributed by atoms with Gasteiger partial charge in [0.25, 0.3) is 5.69 Å². The summed E-state index contributed by atoms with van der Waals surface area (Å²) in [6, 6.07) is 4.28. The molecule has 17 heavy (non-hydrogen) atoms. The third kappa shape index (κ3) is 2.24. The first-order valence-corrected chi connectivity index (χ1v) is 4.96. The average Bonchev–Trinajstić information content (AvgIpc) is 2.78. The van der Waals surface area contributed by atoms with Gasteiger partial charge in [0.15, 0.2) is 0 Å². The largest absolute Gasteiger partial charge is 0.390 e. The first kappa shape index (κ1) is 11.5. The first-order valence-electron chi connectivity index (χ1n) is 4.58. The number of rotatable bonds is 3. The van der Waals surface area contributed by atoms with Crippen LogP contribution in [0.3, 0.4) is 0 Å². The van der Waals surface area contributed by atoms with Crippen LogP contribution in [0, 0.1) is 10.1 Å². The Morgan fingerprint density at radius 2 is 2.29 bits per heavy atom. The molecular formula is C9H7ClN4O3. The van der Waals surface area contributed by atoms with Crippen molar-refractivity contribution in [2.75, 3.05) is 0 Å². The molecule has 0 unspecified atom stereocenters. The summed E-state index contributed by atoms with van der Waals surface area (Å²) in [4.78, 5) is 10.1. The van der Waals surface area contributed by atoms with Gasteiger partial charge in [0.2, 0.25) is 0 Å². The molecule has 2 rings (SSSR count). The summed E-state index contributed by atoms with van der Waals surface area (Å²) in [6.07, 6.45) is 1.48. The fourth-order valence-corrected chi connectivity index (χ4v) is 1.47. The van der Waals surface area contributed by atoms with Gasteiger partial charge in [0.1, 0.15) is 10.7 Å². The molecule has 8 heteroatoms. The summed E-state index contributed by atoms with van der Waals surface area (Å²) in [6.45, 7) is -0.240. The van der Waals surface area contributed by atoms with Crippen LogP contribution < -0.4 is 0 Å². The molecule has 1 aromatic heterocycles. The minimum absolute atomic E-state index is 0.0567. The molecule has 1 aromatic carbocycles. The average molecular weight is 255 g/mol. The third-order valence-electron chi connectivity index (χ3n) is 2.09. The number of benzene rings is 1. The highest BCUT2D eigenvalue weighted by molar-refractivity contribution is 6.32.